The average molecular weight is 478 g/mol. The number of fused-ring (bicyclic) bond motifs is 1. The number of amides is 2. The Hall–Kier alpha value is -3.72. The molecule has 0 bridgehead atoms. The molecule has 2 amide bonds. The molecule has 0 saturated heterocycles. The number of halogens is 1. The quantitative estimate of drug-likeness (QED) is 0.356. The minimum absolute atomic E-state index is 0.0309. The maximum atomic E-state index is 13.9. The van der Waals surface area contributed by atoms with Crippen molar-refractivity contribution in [2.75, 3.05) is 11.1 Å². The van der Waals surface area contributed by atoms with E-state index in [4.69, 9.17) is 0 Å². The van der Waals surface area contributed by atoms with E-state index in [1.807, 2.05) is 54.0 Å². The molecule has 1 aromatic heterocycles. The van der Waals surface area contributed by atoms with E-state index >= 15 is 0 Å². The summed E-state index contributed by atoms with van der Waals surface area (Å²) in [7, 11) is 0. The third kappa shape index (κ3) is 5.09. The highest BCUT2D eigenvalue weighted by Gasteiger charge is 2.21. The maximum absolute atomic E-state index is 13.9. The van der Waals surface area contributed by atoms with E-state index in [1.165, 1.54) is 30.0 Å². The number of benzene rings is 3. The van der Waals surface area contributed by atoms with Crippen LogP contribution < -0.4 is 10.6 Å². The van der Waals surface area contributed by atoms with Gasteiger partial charge in [0.1, 0.15) is 5.82 Å². The monoisotopic (exact) mass is 477 g/mol. The summed E-state index contributed by atoms with van der Waals surface area (Å²) in [5.74, 6) is -0.590. The van der Waals surface area contributed by atoms with E-state index in [1.54, 1.807) is 13.0 Å². The van der Waals surface area contributed by atoms with Crippen molar-refractivity contribution < 1.29 is 14.0 Å². The summed E-state index contributed by atoms with van der Waals surface area (Å²) in [6, 6.07) is 18.9. The summed E-state index contributed by atoms with van der Waals surface area (Å²) in [5.41, 5.74) is 0.724. The largest absolute Gasteiger partial charge is 0.342 e. The van der Waals surface area contributed by atoms with Gasteiger partial charge in [-0.2, -0.15) is 0 Å². The molecular weight excluding hydrogens is 453 g/mol. The van der Waals surface area contributed by atoms with Crippen LogP contribution in [0.5, 0.6) is 0 Å². The van der Waals surface area contributed by atoms with E-state index in [-0.39, 0.29) is 17.2 Å². The van der Waals surface area contributed by atoms with Gasteiger partial charge in [-0.1, -0.05) is 60.3 Å². The fourth-order valence-electron chi connectivity index (χ4n) is 3.66. The highest BCUT2D eigenvalue weighted by molar-refractivity contribution is 7.99. The van der Waals surface area contributed by atoms with Crippen LogP contribution in [0.3, 0.4) is 0 Å². The van der Waals surface area contributed by atoms with Crippen molar-refractivity contribution in [3.63, 3.8) is 0 Å². The molecule has 0 unspecified atom stereocenters. The number of nitrogens with one attached hydrogen (secondary N) is 2. The Labute approximate surface area is 200 Å². The molecule has 4 rings (SSSR count). The molecule has 0 aliphatic heterocycles. The van der Waals surface area contributed by atoms with E-state index in [0.29, 0.717) is 17.5 Å². The summed E-state index contributed by atoms with van der Waals surface area (Å²) in [6.45, 7) is 4.24. The van der Waals surface area contributed by atoms with Crippen LogP contribution in [0.1, 0.15) is 36.1 Å². The number of thioether (sulfide) groups is 1. The third-order valence-corrected chi connectivity index (χ3v) is 6.28. The van der Waals surface area contributed by atoms with Gasteiger partial charge in [-0.3, -0.25) is 9.59 Å². The molecule has 0 saturated carbocycles. The first kappa shape index (κ1) is 23.4. The first-order valence-electron chi connectivity index (χ1n) is 10.9. The van der Waals surface area contributed by atoms with Crippen LogP contribution in [0.25, 0.3) is 10.8 Å². The predicted molar refractivity (Wildman–Crippen MR) is 131 cm³/mol. The zero-order valence-electron chi connectivity index (χ0n) is 18.8. The van der Waals surface area contributed by atoms with E-state index in [0.717, 1.165) is 16.5 Å². The van der Waals surface area contributed by atoms with Gasteiger partial charge in [0.25, 0.3) is 5.91 Å². The summed E-state index contributed by atoms with van der Waals surface area (Å²) >= 11 is 1.26. The van der Waals surface area contributed by atoms with Gasteiger partial charge in [-0.25, -0.2) is 4.39 Å². The Morgan fingerprint density at radius 1 is 1.03 bits per heavy atom. The van der Waals surface area contributed by atoms with Gasteiger partial charge in [0.15, 0.2) is 11.0 Å². The highest BCUT2D eigenvalue weighted by Crippen LogP contribution is 2.25. The number of rotatable bonds is 8. The SMILES string of the molecule is CCn1c(SCC(=O)Nc2cccc3ccccc23)nnc1[C@@H](C)NC(=O)c1ccccc1F. The molecule has 3 aromatic carbocycles. The molecule has 4 aromatic rings. The Balaban J connectivity index is 1.41. The molecule has 174 valence electrons. The van der Waals surface area contributed by atoms with Crippen molar-refractivity contribution in [1.29, 1.82) is 0 Å². The first-order valence-corrected chi connectivity index (χ1v) is 11.9. The zero-order valence-corrected chi connectivity index (χ0v) is 19.6. The van der Waals surface area contributed by atoms with E-state index in [9.17, 15) is 14.0 Å². The summed E-state index contributed by atoms with van der Waals surface area (Å²) in [4.78, 5) is 25.1. The van der Waals surface area contributed by atoms with Gasteiger partial charge >= 0.3 is 0 Å². The lowest BCUT2D eigenvalue weighted by Gasteiger charge is -2.15. The maximum Gasteiger partial charge on any atom is 0.254 e. The van der Waals surface area contributed by atoms with Crippen LogP contribution in [0.2, 0.25) is 0 Å². The van der Waals surface area contributed by atoms with Crippen LogP contribution in [-0.2, 0) is 11.3 Å². The van der Waals surface area contributed by atoms with Crippen molar-refractivity contribution in [3.05, 3.63) is 83.9 Å². The smallest absolute Gasteiger partial charge is 0.254 e. The summed E-state index contributed by atoms with van der Waals surface area (Å²) < 4.78 is 15.8. The average Bonchev–Trinajstić information content (AvgIpc) is 3.26. The number of aromatic nitrogens is 3. The fraction of sp³-hybridized carbons (Fsp3) is 0.200. The molecule has 0 aliphatic rings. The molecule has 0 aliphatic carbocycles. The Bertz CT molecular complexity index is 1330. The molecule has 2 N–H and O–H groups in total. The summed E-state index contributed by atoms with van der Waals surface area (Å²) in [6.07, 6.45) is 0. The van der Waals surface area contributed by atoms with Gasteiger partial charge in [0.05, 0.1) is 17.4 Å². The molecule has 7 nitrogen and oxygen atoms in total. The van der Waals surface area contributed by atoms with Crippen LogP contribution >= 0.6 is 11.8 Å². The van der Waals surface area contributed by atoms with Gasteiger partial charge in [0.2, 0.25) is 5.91 Å². The fourth-order valence-corrected chi connectivity index (χ4v) is 4.47. The Kier molecular flexibility index (Phi) is 7.22. The Morgan fingerprint density at radius 3 is 2.56 bits per heavy atom. The molecule has 0 radical (unpaired) electrons. The first-order chi connectivity index (χ1) is 16.5. The number of carbonyl (C=O) groups is 2. The number of hydrogen-bond acceptors (Lipinski definition) is 5. The highest BCUT2D eigenvalue weighted by atomic mass is 32.2. The van der Waals surface area contributed by atoms with Crippen molar-refractivity contribution in [2.24, 2.45) is 0 Å². The van der Waals surface area contributed by atoms with E-state index in [2.05, 4.69) is 20.8 Å². The second kappa shape index (κ2) is 10.5. The Morgan fingerprint density at radius 2 is 1.76 bits per heavy atom. The topological polar surface area (TPSA) is 88.9 Å². The molecule has 0 spiro atoms. The molecule has 34 heavy (non-hydrogen) atoms. The lowest BCUT2D eigenvalue weighted by molar-refractivity contribution is -0.113. The number of anilines is 1. The number of hydrogen-bond donors (Lipinski definition) is 2. The van der Waals surface area contributed by atoms with Crippen molar-refractivity contribution in [1.82, 2.24) is 20.1 Å². The molecule has 1 atom stereocenters. The summed E-state index contributed by atoms with van der Waals surface area (Å²) in [5, 5.41) is 16.7. The van der Waals surface area contributed by atoms with Crippen LogP contribution in [0.15, 0.2) is 71.9 Å². The van der Waals surface area contributed by atoms with Gasteiger partial charge < -0.3 is 15.2 Å². The second-order valence-corrected chi connectivity index (χ2v) is 8.57. The molecule has 1 heterocycles. The van der Waals surface area contributed by atoms with Gasteiger partial charge in [0, 0.05) is 17.6 Å². The van der Waals surface area contributed by atoms with Gasteiger partial charge in [-0.15, -0.1) is 10.2 Å². The molecular formula is C25H24FN5O2S. The van der Waals surface area contributed by atoms with Crippen LogP contribution in [0, 0.1) is 5.82 Å². The van der Waals surface area contributed by atoms with Crippen molar-refractivity contribution in [2.45, 2.75) is 31.6 Å². The number of nitrogens with zero attached hydrogens (tertiary/aromatic N) is 3. The van der Waals surface area contributed by atoms with E-state index < -0.39 is 17.8 Å². The number of carbonyl (C=O) groups excluding carboxylic acids is 2. The van der Waals surface area contributed by atoms with Crippen LogP contribution in [0.4, 0.5) is 10.1 Å². The van der Waals surface area contributed by atoms with Gasteiger partial charge in [-0.05, 0) is 37.4 Å². The van der Waals surface area contributed by atoms with Crippen LogP contribution in [-0.4, -0.2) is 32.3 Å². The lowest BCUT2D eigenvalue weighted by Crippen LogP contribution is -2.29. The van der Waals surface area contributed by atoms with Crippen molar-refractivity contribution >= 4 is 40.0 Å². The minimum atomic E-state index is -0.586. The molecule has 9 heteroatoms. The lowest BCUT2D eigenvalue weighted by atomic mass is 10.1. The third-order valence-electron chi connectivity index (χ3n) is 5.31. The molecule has 0 fully saturated rings. The second-order valence-electron chi connectivity index (χ2n) is 7.62. The zero-order chi connectivity index (χ0) is 24.1. The standard InChI is InChI=1S/C25H24FN5O2S/c1-3-31-23(16(2)27-24(33)19-12-6-7-13-20(19)26)29-30-25(31)34-15-22(32)28-21-14-8-10-17-9-4-5-11-18(17)21/h4-14,16H,3,15H2,1-2H3,(H,27,33)(H,28,32)/t16-/m1/s1. The minimum Gasteiger partial charge on any atom is -0.342 e. The predicted octanol–water partition coefficient (Wildman–Crippen LogP) is 4.81. The normalized spacial score (nSPS) is 11.9. The van der Waals surface area contributed by atoms with Crippen molar-refractivity contribution in [3.8, 4) is 0 Å².